The Bertz CT molecular complexity index is 993. The summed E-state index contributed by atoms with van der Waals surface area (Å²) in [5.41, 5.74) is 8.35. The van der Waals surface area contributed by atoms with Crippen LogP contribution in [0.15, 0.2) is 35.8 Å². The molecule has 2 heterocycles. The van der Waals surface area contributed by atoms with E-state index >= 15 is 0 Å². The van der Waals surface area contributed by atoms with Crippen molar-refractivity contribution in [3.05, 3.63) is 57.1 Å². The zero-order valence-electron chi connectivity index (χ0n) is 14.1. The van der Waals surface area contributed by atoms with Crippen LogP contribution >= 0.6 is 11.3 Å². The van der Waals surface area contributed by atoms with Crippen molar-refractivity contribution in [2.24, 2.45) is 0 Å². The van der Waals surface area contributed by atoms with E-state index in [4.69, 9.17) is 10.5 Å². The number of anilines is 1. The first kappa shape index (κ1) is 17.6. The largest absolute Gasteiger partial charge is 0.462 e. The number of hydrogen-bond donors (Lipinski definition) is 1. The van der Waals surface area contributed by atoms with Crippen molar-refractivity contribution < 1.29 is 14.5 Å². The Kier molecular flexibility index (Phi) is 4.72. The molecule has 3 rings (SSSR count). The zero-order valence-corrected chi connectivity index (χ0v) is 14.9. The SMILES string of the molecule is CCOC(=O)c1c(C)cn(-c2nc(-c3cccc([N+](=O)[O-])c3)cs2)c1N. The number of thiazole rings is 1. The maximum absolute atomic E-state index is 12.1. The molecule has 0 unspecified atom stereocenters. The van der Waals surface area contributed by atoms with Crippen LogP contribution < -0.4 is 5.73 Å². The Morgan fingerprint density at radius 3 is 2.92 bits per heavy atom. The fourth-order valence-corrected chi connectivity index (χ4v) is 3.39. The lowest BCUT2D eigenvalue weighted by atomic mass is 10.1. The second-order valence-electron chi connectivity index (χ2n) is 5.49. The molecule has 9 heteroatoms. The first-order valence-corrected chi connectivity index (χ1v) is 8.65. The van der Waals surface area contributed by atoms with Crippen molar-refractivity contribution >= 4 is 28.8 Å². The Morgan fingerprint density at radius 1 is 1.46 bits per heavy atom. The molecule has 0 aliphatic carbocycles. The standard InChI is InChI=1S/C17H16N4O4S/c1-3-25-16(22)14-10(2)8-20(15(14)18)17-19-13(9-26-17)11-5-4-6-12(7-11)21(23)24/h4-9H,3,18H2,1-2H3. The maximum atomic E-state index is 12.1. The average Bonchev–Trinajstić information content (AvgIpc) is 3.20. The summed E-state index contributed by atoms with van der Waals surface area (Å²) >= 11 is 1.32. The summed E-state index contributed by atoms with van der Waals surface area (Å²) in [5, 5.41) is 13.3. The number of carbonyl (C=O) groups is 1. The van der Waals surface area contributed by atoms with E-state index in [1.165, 1.54) is 23.5 Å². The molecular formula is C17H16N4O4S. The number of aromatic nitrogens is 2. The predicted molar refractivity (Wildman–Crippen MR) is 98.6 cm³/mol. The summed E-state index contributed by atoms with van der Waals surface area (Å²) in [7, 11) is 0. The van der Waals surface area contributed by atoms with Gasteiger partial charge < -0.3 is 10.5 Å². The second kappa shape index (κ2) is 6.96. The van der Waals surface area contributed by atoms with E-state index in [-0.39, 0.29) is 18.1 Å². The number of hydrogen-bond acceptors (Lipinski definition) is 7. The van der Waals surface area contributed by atoms with E-state index in [1.54, 1.807) is 42.1 Å². The number of rotatable bonds is 5. The predicted octanol–water partition coefficient (Wildman–Crippen LogP) is 3.58. The molecule has 1 aromatic carbocycles. The highest BCUT2D eigenvalue weighted by molar-refractivity contribution is 7.12. The Morgan fingerprint density at radius 2 is 2.23 bits per heavy atom. The van der Waals surface area contributed by atoms with Gasteiger partial charge in [-0.25, -0.2) is 9.78 Å². The summed E-state index contributed by atoms with van der Waals surface area (Å²) < 4.78 is 6.65. The topological polar surface area (TPSA) is 113 Å². The van der Waals surface area contributed by atoms with E-state index in [2.05, 4.69) is 4.98 Å². The molecule has 2 N–H and O–H groups in total. The number of ether oxygens (including phenoxy) is 1. The Labute approximate surface area is 153 Å². The van der Waals surface area contributed by atoms with Crippen molar-refractivity contribution in [3.8, 4) is 16.4 Å². The third kappa shape index (κ3) is 3.16. The number of nitro groups is 1. The summed E-state index contributed by atoms with van der Waals surface area (Å²) in [4.78, 5) is 27.0. The van der Waals surface area contributed by atoms with Crippen LogP contribution in [0.4, 0.5) is 11.5 Å². The van der Waals surface area contributed by atoms with Gasteiger partial charge in [0.15, 0.2) is 5.13 Å². The first-order valence-electron chi connectivity index (χ1n) is 7.77. The van der Waals surface area contributed by atoms with Crippen LogP contribution in [0.3, 0.4) is 0 Å². The smallest absolute Gasteiger partial charge is 0.342 e. The molecule has 0 saturated carbocycles. The quantitative estimate of drug-likeness (QED) is 0.416. The van der Waals surface area contributed by atoms with E-state index in [9.17, 15) is 14.9 Å². The van der Waals surface area contributed by atoms with E-state index in [1.807, 2.05) is 0 Å². The minimum atomic E-state index is -0.475. The fourth-order valence-electron chi connectivity index (χ4n) is 2.56. The number of nitro benzene ring substituents is 1. The lowest BCUT2D eigenvalue weighted by Crippen LogP contribution is -2.09. The van der Waals surface area contributed by atoms with Gasteiger partial charge in [0.1, 0.15) is 11.4 Å². The van der Waals surface area contributed by atoms with Crippen LogP contribution in [0.25, 0.3) is 16.4 Å². The Balaban J connectivity index is 1.98. The van der Waals surface area contributed by atoms with Crippen LogP contribution in [0.1, 0.15) is 22.8 Å². The van der Waals surface area contributed by atoms with Crippen LogP contribution in [-0.4, -0.2) is 27.1 Å². The molecule has 0 radical (unpaired) electrons. The molecule has 0 bridgehead atoms. The molecule has 0 aliphatic rings. The van der Waals surface area contributed by atoms with Gasteiger partial charge in [0.05, 0.1) is 17.2 Å². The zero-order chi connectivity index (χ0) is 18.8. The number of nitrogens with zero attached hydrogens (tertiary/aromatic N) is 3. The lowest BCUT2D eigenvalue weighted by molar-refractivity contribution is -0.384. The highest BCUT2D eigenvalue weighted by Gasteiger charge is 2.21. The normalized spacial score (nSPS) is 10.7. The third-order valence-electron chi connectivity index (χ3n) is 3.76. The summed E-state index contributed by atoms with van der Waals surface area (Å²) in [6, 6.07) is 6.25. The van der Waals surface area contributed by atoms with Gasteiger partial charge in [-0.15, -0.1) is 11.3 Å². The van der Waals surface area contributed by atoms with E-state index in [0.717, 1.165) is 0 Å². The lowest BCUT2D eigenvalue weighted by Gasteiger charge is -2.04. The second-order valence-corrected chi connectivity index (χ2v) is 6.32. The number of esters is 1. The van der Waals surface area contributed by atoms with Gasteiger partial charge in [-0.2, -0.15) is 0 Å². The molecule has 26 heavy (non-hydrogen) atoms. The molecule has 0 spiro atoms. The van der Waals surface area contributed by atoms with Gasteiger partial charge >= 0.3 is 5.97 Å². The summed E-state index contributed by atoms with van der Waals surface area (Å²) in [6.07, 6.45) is 1.72. The number of carbonyl (C=O) groups excluding carboxylic acids is 1. The molecular weight excluding hydrogens is 356 g/mol. The Hall–Kier alpha value is -3.20. The molecule has 0 fully saturated rings. The van der Waals surface area contributed by atoms with Gasteiger partial charge in [0.25, 0.3) is 5.69 Å². The van der Waals surface area contributed by atoms with Crippen molar-refractivity contribution in [1.82, 2.24) is 9.55 Å². The van der Waals surface area contributed by atoms with Gasteiger partial charge in [-0.05, 0) is 19.4 Å². The molecule has 8 nitrogen and oxygen atoms in total. The third-order valence-corrected chi connectivity index (χ3v) is 4.60. The fraction of sp³-hybridized carbons (Fsp3) is 0.176. The number of benzene rings is 1. The molecule has 134 valence electrons. The molecule has 0 amide bonds. The monoisotopic (exact) mass is 372 g/mol. The van der Waals surface area contributed by atoms with E-state index < -0.39 is 10.9 Å². The van der Waals surface area contributed by atoms with E-state index in [0.29, 0.717) is 27.5 Å². The van der Waals surface area contributed by atoms with Crippen LogP contribution in [0, 0.1) is 17.0 Å². The first-order chi connectivity index (χ1) is 12.4. The highest BCUT2D eigenvalue weighted by Crippen LogP contribution is 2.30. The number of non-ortho nitro benzene ring substituents is 1. The van der Waals surface area contributed by atoms with Gasteiger partial charge in [0.2, 0.25) is 0 Å². The van der Waals surface area contributed by atoms with Crippen molar-refractivity contribution in [2.45, 2.75) is 13.8 Å². The van der Waals surface area contributed by atoms with Crippen molar-refractivity contribution in [3.63, 3.8) is 0 Å². The summed E-state index contributed by atoms with van der Waals surface area (Å²) in [5.74, 6) is -0.224. The maximum Gasteiger partial charge on any atom is 0.342 e. The highest BCUT2D eigenvalue weighted by atomic mass is 32.1. The summed E-state index contributed by atoms with van der Waals surface area (Å²) in [6.45, 7) is 3.76. The van der Waals surface area contributed by atoms with Crippen LogP contribution in [0.5, 0.6) is 0 Å². The molecule has 0 atom stereocenters. The van der Waals surface area contributed by atoms with Crippen molar-refractivity contribution in [2.75, 3.05) is 12.3 Å². The minimum Gasteiger partial charge on any atom is -0.462 e. The van der Waals surface area contributed by atoms with Gasteiger partial charge in [0, 0.05) is 29.3 Å². The number of nitrogens with two attached hydrogens (primary N) is 1. The molecule has 0 saturated heterocycles. The van der Waals surface area contributed by atoms with Crippen molar-refractivity contribution in [1.29, 1.82) is 0 Å². The minimum absolute atomic E-state index is 0.00188. The molecule has 3 aromatic rings. The van der Waals surface area contributed by atoms with Crippen LogP contribution in [0.2, 0.25) is 0 Å². The van der Waals surface area contributed by atoms with Crippen LogP contribution in [-0.2, 0) is 4.74 Å². The molecule has 0 aliphatic heterocycles. The van der Waals surface area contributed by atoms with Gasteiger partial charge in [-0.3, -0.25) is 14.7 Å². The van der Waals surface area contributed by atoms with Gasteiger partial charge in [-0.1, -0.05) is 12.1 Å². The molecule has 2 aromatic heterocycles. The number of nitrogen functional groups attached to an aromatic ring is 1. The number of aryl methyl sites for hydroxylation is 1. The average molecular weight is 372 g/mol.